The summed E-state index contributed by atoms with van der Waals surface area (Å²) in [6.45, 7) is 4.40. The molecule has 2 saturated carbocycles. The number of carbonyl (C=O) groups is 1. The van der Waals surface area contributed by atoms with Crippen LogP contribution in [0.3, 0.4) is 0 Å². The number of carbonyl (C=O) groups excluding carboxylic acids is 1. The zero-order valence-corrected chi connectivity index (χ0v) is 15.8. The second kappa shape index (κ2) is 5.62. The molecular formula is C20H23N7O. The zero-order chi connectivity index (χ0) is 19.0. The van der Waals surface area contributed by atoms with Crippen LogP contribution in [0.25, 0.3) is 11.3 Å². The molecule has 2 bridgehead atoms. The number of amides is 1. The highest BCUT2D eigenvalue weighted by atomic mass is 16.2. The highest BCUT2D eigenvalue weighted by molar-refractivity contribution is 5.74. The van der Waals surface area contributed by atoms with Gasteiger partial charge in [-0.2, -0.15) is 0 Å². The van der Waals surface area contributed by atoms with Crippen molar-refractivity contribution in [1.29, 1.82) is 0 Å². The fourth-order valence-electron chi connectivity index (χ4n) is 5.37. The summed E-state index contributed by atoms with van der Waals surface area (Å²) in [5, 5.41) is 0. The summed E-state index contributed by atoms with van der Waals surface area (Å²) in [5.74, 6) is 3.53. The molecular weight excluding hydrogens is 354 g/mol. The average Bonchev–Trinajstić information content (AvgIpc) is 3.08. The van der Waals surface area contributed by atoms with E-state index in [-0.39, 0.29) is 11.9 Å². The average molecular weight is 377 g/mol. The van der Waals surface area contributed by atoms with Gasteiger partial charge in [0.2, 0.25) is 17.8 Å². The lowest BCUT2D eigenvalue weighted by atomic mass is 9.86. The predicted octanol–water partition coefficient (Wildman–Crippen LogP) is 1.31. The van der Waals surface area contributed by atoms with E-state index < -0.39 is 0 Å². The van der Waals surface area contributed by atoms with Crippen molar-refractivity contribution in [1.82, 2.24) is 24.8 Å². The van der Waals surface area contributed by atoms with Gasteiger partial charge in [0.05, 0.1) is 11.4 Å². The Morgan fingerprint density at radius 2 is 1.82 bits per heavy atom. The minimum absolute atomic E-state index is 0.172. The van der Waals surface area contributed by atoms with Gasteiger partial charge in [-0.3, -0.25) is 4.79 Å². The van der Waals surface area contributed by atoms with Crippen molar-refractivity contribution in [3.05, 3.63) is 24.2 Å². The molecule has 0 spiro atoms. The summed E-state index contributed by atoms with van der Waals surface area (Å²) < 4.78 is 0. The molecule has 0 aromatic carbocycles. The van der Waals surface area contributed by atoms with Crippen LogP contribution in [0.5, 0.6) is 0 Å². The van der Waals surface area contributed by atoms with Crippen LogP contribution >= 0.6 is 0 Å². The van der Waals surface area contributed by atoms with Gasteiger partial charge in [0.1, 0.15) is 0 Å². The third-order valence-corrected chi connectivity index (χ3v) is 7.05. The second-order valence-electron chi connectivity index (χ2n) is 8.73. The number of fused-ring (bicyclic) bond motifs is 2. The highest BCUT2D eigenvalue weighted by Crippen LogP contribution is 2.58. The Hall–Kier alpha value is -2.77. The van der Waals surface area contributed by atoms with E-state index in [1.165, 1.54) is 12.8 Å². The van der Waals surface area contributed by atoms with Crippen LogP contribution in [-0.4, -0.2) is 56.4 Å². The van der Waals surface area contributed by atoms with Gasteiger partial charge < -0.3 is 15.5 Å². The van der Waals surface area contributed by atoms with Crippen molar-refractivity contribution < 1.29 is 4.79 Å². The molecule has 3 aliphatic heterocycles. The smallest absolute Gasteiger partial charge is 0.226 e. The summed E-state index contributed by atoms with van der Waals surface area (Å²) in [6, 6.07) is 2.67. The van der Waals surface area contributed by atoms with E-state index in [9.17, 15) is 4.79 Å². The Balaban J connectivity index is 1.35. The molecule has 5 fully saturated rings. The number of hydrogen-bond acceptors (Lipinski definition) is 7. The summed E-state index contributed by atoms with van der Waals surface area (Å²) >= 11 is 0. The van der Waals surface area contributed by atoms with Crippen LogP contribution in [0.1, 0.15) is 31.4 Å². The van der Waals surface area contributed by atoms with Crippen LogP contribution in [-0.2, 0) is 4.79 Å². The summed E-state index contributed by atoms with van der Waals surface area (Å²) in [4.78, 5) is 34.1. The van der Waals surface area contributed by atoms with Crippen LogP contribution in [0, 0.1) is 17.8 Å². The normalized spacial score (nSPS) is 32.2. The molecule has 2 unspecified atom stereocenters. The maximum atomic E-state index is 11.7. The van der Waals surface area contributed by atoms with E-state index in [4.69, 9.17) is 15.7 Å². The Morgan fingerprint density at radius 1 is 1.11 bits per heavy atom. The molecule has 1 amide bonds. The van der Waals surface area contributed by atoms with Gasteiger partial charge in [0.25, 0.3) is 0 Å². The van der Waals surface area contributed by atoms with Crippen molar-refractivity contribution in [3.8, 4) is 11.3 Å². The molecule has 144 valence electrons. The third kappa shape index (κ3) is 2.40. The van der Waals surface area contributed by atoms with E-state index >= 15 is 0 Å². The second-order valence-corrected chi connectivity index (χ2v) is 8.73. The van der Waals surface area contributed by atoms with Gasteiger partial charge in [0.15, 0.2) is 0 Å². The summed E-state index contributed by atoms with van der Waals surface area (Å²) in [7, 11) is 0. The number of aromatic nitrogens is 4. The molecule has 5 aliphatic rings. The molecule has 2 N–H and O–H groups in total. The van der Waals surface area contributed by atoms with Crippen LogP contribution in [0.15, 0.2) is 18.5 Å². The topological polar surface area (TPSA) is 101 Å². The van der Waals surface area contributed by atoms with Gasteiger partial charge in [-0.1, -0.05) is 0 Å². The summed E-state index contributed by atoms with van der Waals surface area (Å²) in [5.41, 5.74) is 8.47. The van der Waals surface area contributed by atoms with E-state index in [1.54, 1.807) is 19.3 Å². The van der Waals surface area contributed by atoms with Crippen molar-refractivity contribution in [2.24, 2.45) is 17.8 Å². The fourth-order valence-corrected chi connectivity index (χ4v) is 5.37. The van der Waals surface area contributed by atoms with Gasteiger partial charge in [0, 0.05) is 56.5 Å². The maximum Gasteiger partial charge on any atom is 0.226 e. The molecule has 8 heteroatoms. The first-order chi connectivity index (χ1) is 13.6. The monoisotopic (exact) mass is 377 g/mol. The predicted molar refractivity (Wildman–Crippen MR) is 103 cm³/mol. The summed E-state index contributed by atoms with van der Waals surface area (Å²) in [6.07, 6.45) is 5.98. The van der Waals surface area contributed by atoms with Gasteiger partial charge >= 0.3 is 0 Å². The Bertz CT molecular complexity index is 944. The van der Waals surface area contributed by atoms with Crippen LogP contribution in [0.2, 0.25) is 0 Å². The lowest BCUT2D eigenvalue weighted by Crippen LogP contribution is -2.30. The molecule has 2 atom stereocenters. The van der Waals surface area contributed by atoms with E-state index in [0.717, 1.165) is 48.5 Å². The van der Waals surface area contributed by atoms with E-state index in [1.807, 2.05) is 4.90 Å². The minimum atomic E-state index is 0.172. The lowest BCUT2D eigenvalue weighted by Gasteiger charge is -2.26. The standard InChI is InChI=1S/C20H23N7O/c1-10(28)26-8-14-15(9-26)18(14)17-4-16(12-5-22-19(21)23-6-12)24-20(25-17)27-7-11-2-13(27)3-11/h4-6,11,13-15,18H,2-3,7-9H2,1H3,(H2,21,22,23). The van der Waals surface area contributed by atoms with Crippen molar-refractivity contribution >= 4 is 17.8 Å². The van der Waals surface area contributed by atoms with Crippen molar-refractivity contribution in [2.45, 2.75) is 31.7 Å². The van der Waals surface area contributed by atoms with Crippen LogP contribution < -0.4 is 10.6 Å². The molecule has 8 nitrogen and oxygen atoms in total. The molecule has 2 aromatic rings. The first kappa shape index (κ1) is 16.2. The first-order valence-corrected chi connectivity index (χ1v) is 10.1. The number of hydrogen-bond donors (Lipinski definition) is 1. The number of nitrogens with two attached hydrogens (primary N) is 1. The number of piperidine rings is 1. The SMILES string of the molecule is CC(=O)N1CC2C(C1)C2c1cc(-c2cnc(N)nc2)nc(N2CC3CC2C3)n1. The molecule has 0 radical (unpaired) electrons. The quantitative estimate of drug-likeness (QED) is 0.860. The third-order valence-electron chi connectivity index (χ3n) is 7.05. The lowest BCUT2D eigenvalue weighted by molar-refractivity contribution is -0.128. The fraction of sp³-hybridized carbons (Fsp3) is 0.550. The number of nitrogens with zero attached hydrogens (tertiary/aromatic N) is 6. The Morgan fingerprint density at radius 3 is 2.43 bits per heavy atom. The zero-order valence-electron chi connectivity index (χ0n) is 15.8. The molecule has 7 rings (SSSR count). The number of likely N-dealkylation sites (tertiary alicyclic amines) is 1. The number of anilines is 2. The highest BCUT2D eigenvalue weighted by Gasteiger charge is 2.58. The molecule has 2 aliphatic carbocycles. The van der Waals surface area contributed by atoms with Crippen molar-refractivity contribution in [2.75, 3.05) is 30.3 Å². The van der Waals surface area contributed by atoms with Gasteiger partial charge in [-0.05, 0) is 36.7 Å². The maximum absolute atomic E-state index is 11.7. The minimum Gasteiger partial charge on any atom is -0.368 e. The number of rotatable bonds is 3. The van der Waals surface area contributed by atoms with E-state index in [0.29, 0.717) is 23.8 Å². The molecule has 5 heterocycles. The Kier molecular flexibility index (Phi) is 3.25. The van der Waals surface area contributed by atoms with Gasteiger partial charge in [-0.25, -0.2) is 19.9 Å². The van der Waals surface area contributed by atoms with Crippen molar-refractivity contribution in [3.63, 3.8) is 0 Å². The van der Waals surface area contributed by atoms with Crippen LogP contribution in [0.4, 0.5) is 11.9 Å². The molecule has 3 saturated heterocycles. The molecule has 2 aromatic heterocycles. The first-order valence-electron chi connectivity index (χ1n) is 10.1. The van der Waals surface area contributed by atoms with Gasteiger partial charge in [-0.15, -0.1) is 0 Å². The molecule has 28 heavy (non-hydrogen) atoms. The Labute approximate surface area is 163 Å². The largest absolute Gasteiger partial charge is 0.368 e. The number of nitrogen functional groups attached to an aromatic ring is 1. The van der Waals surface area contributed by atoms with E-state index in [2.05, 4.69) is 20.9 Å².